The van der Waals surface area contributed by atoms with E-state index >= 15 is 0 Å². The first-order valence-electron chi connectivity index (χ1n) is 9.25. The zero-order valence-corrected chi connectivity index (χ0v) is 16.6. The van der Waals surface area contributed by atoms with Gasteiger partial charge in [0, 0.05) is 25.5 Å². The first kappa shape index (κ1) is 19.2. The van der Waals surface area contributed by atoms with Crippen molar-refractivity contribution in [1.82, 2.24) is 0 Å². The number of hydrogen-bond donors (Lipinski definition) is 1. The number of nitrogens with one attached hydrogen (secondary N) is 1. The van der Waals surface area contributed by atoms with E-state index in [1.54, 1.807) is 25.1 Å². The van der Waals surface area contributed by atoms with Crippen LogP contribution in [0.15, 0.2) is 36.4 Å². The van der Waals surface area contributed by atoms with E-state index in [0.717, 1.165) is 28.9 Å². The highest BCUT2D eigenvalue weighted by molar-refractivity contribution is 5.90. The monoisotopic (exact) mass is 370 g/mol. The predicted molar refractivity (Wildman–Crippen MR) is 107 cm³/mol. The lowest BCUT2D eigenvalue weighted by Crippen LogP contribution is -2.35. The van der Waals surface area contributed by atoms with E-state index < -0.39 is 0 Å². The van der Waals surface area contributed by atoms with Gasteiger partial charge in [0.15, 0.2) is 0 Å². The lowest BCUT2D eigenvalue weighted by molar-refractivity contribution is 0.0526. The molecule has 1 atom stereocenters. The summed E-state index contributed by atoms with van der Waals surface area (Å²) in [7, 11) is 3.81. The Morgan fingerprint density at radius 3 is 2.67 bits per heavy atom. The third kappa shape index (κ3) is 3.92. The van der Waals surface area contributed by atoms with Gasteiger partial charge in [0.05, 0.1) is 18.2 Å². The van der Waals surface area contributed by atoms with E-state index in [0.29, 0.717) is 12.2 Å². The van der Waals surface area contributed by atoms with Crippen LogP contribution in [-0.2, 0) is 11.2 Å². The summed E-state index contributed by atoms with van der Waals surface area (Å²) in [5.41, 5.74) is 4.22. The van der Waals surface area contributed by atoms with Gasteiger partial charge in [-0.25, -0.2) is 9.18 Å². The van der Waals surface area contributed by atoms with Crippen molar-refractivity contribution in [2.45, 2.75) is 33.2 Å². The fourth-order valence-corrected chi connectivity index (χ4v) is 3.72. The number of fused-ring (bicyclic) bond motifs is 1. The van der Waals surface area contributed by atoms with Crippen LogP contribution in [0.4, 0.5) is 15.8 Å². The van der Waals surface area contributed by atoms with Crippen LogP contribution in [-0.4, -0.2) is 26.7 Å². The number of halogens is 1. The Morgan fingerprint density at radius 2 is 2.00 bits per heavy atom. The van der Waals surface area contributed by atoms with Crippen molar-refractivity contribution < 1.29 is 13.9 Å². The number of carbonyl (C=O) groups excluding carboxylic acids is 1. The summed E-state index contributed by atoms with van der Waals surface area (Å²) in [6.45, 7) is 6.47. The van der Waals surface area contributed by atoms with Crippen molar-refractivity contribution in [2.75, 3.05) is 30.9 Å². The highest BCUT2D eigenvalue weighted by Crippen LogP contribution is 2.45. The molecule has 1 heterocycles. The summed E-state index contributed by atoms with van der Waals surface area (Å²) in [6, 6.07) is 10.7. The van der Waals surface area contributed by atoms with E-state index in [1.165, 1.54) is 0 Å². The van der Waals surface area contributed by atoms with Crippen molar-refractivity contribution >= 4 is 17.3 Å². The number of hydrogen-bond acceptors (Lipinski definition) is 4. The topological polar surface area (TPSA) is 41.6 Å². The van der Waals surface area contributed by atoms with Crippen LogP contribution in [0.2, 0.25) is 0 Å². The second kappa shape index (κ2) is 7.22. The second-order valence-corrected chi connectivity index (χ2v) is 7.97. The van der Waals surface area contributed by atoms with Crippen LogP contribution < -0.4 is 10.2 Å². The fourth-order valence-electron chi connectivity index (χ4n) is 3.72. The number of carbonyl (C=O) groups is 1. The fraction of sp³-hybridized carbons (Fsp3) is 0.409. The lowest BCUT2D eigenvalue weighted by Gasteiger charge is -2.41. The maximum Gasteiger partial charge on any atom is 0.338 e. The molecule has 0 amide bonds. The van der Waals surface area contributed by atoms with Crippen molar-refractivity contribution in [2.24, 2.45) is 5.41 Å². The van der Waals surface area contributed by atoms with E-state index in [1.807, 2.05) is 37.2 Å². The van der Waals surface area contributed by atoms with Crippen LogP contribution in [0.1, 0.15) is 48.3 Å². The van der Waals surface area contributed by atoms with Crippen molar-refractivity contribution in [3.63, 3.8) is 0 Å². The largest absolute Gasteiger partial charge is 0.462 e. The standard InChI is InChI=1S/C22H27FN2O2/c1-6-27-21(26)14-7-8-19-16(9-14)13-22(2,3)20(24-19)15-10-17(23)12-18(11-15)25(4)5/h7-12,20,24H,6,13H2,1-5H3. The minimum absolute atomic E-state index is 0.0344. The first-order valence-corrected chi connectivity index (χ1v) is 9.25. The third-order valence-electron chi connectivity index (χ3n) is 5.10. The predicted octanol–water partition coefficient (Wildman–Crippen LogP) is 4.80. The molecule has 0 bridgehead atoms. The Labute approximate surface area is 160 Å². The number of nitrogens with zero attached hydrogens (tertiary/aromatic N) is 1. The summed E-state index contributed by atoms with van der Waals surface area (Å²) in [5.74, 6) is -0.543. The minimum atomic E-state index is -0.305. The minimum Gasteiger partial charge on any atom is -0.462 e. The second-order valence-electron chi connectivity index (χ2n) is 7.97. The average molecular weight is 370 g/mol. The maximum atomic E-state index is 14.2. The quantitative estimate of drug-likeness (QED) is 0.785. The van der Waals surface area contributed by atoms with Gasteiger partial charge in [-0.1, -0.05) is 13.8 Å². The lowest BCUT2D eigenvalue weighted by atomic mass is 9.72. The SMILES string of the molecule is CCOC(=O)c1ccc2c(c1)CC(C)(C)C(c1cc(F)cc(N(C)C)c1)N2. The molecule has 1 aliphatic rings. The smallest absolute Gasteiger partial charge is 0.338 e. The summed E-state index contributed by atoms with van der Waals surface area (Å²) in [6.07, 6.45) is 0.779. The number of ether oxygens (including phenoxy) is 1. The number of esters is 1. The summed E-state index contributed by atoms with van der Waals surface area (Å²) >= 11 is 0. The molecule has 5 heteroatoms. The molecule has 0 spiro atoms. The zero-order valence-electron chi connectivity index (χ0n) is 16.6. The van der Waals surface area contributed by atoms with Gasteiger partial charge < -0.3 is 15.0 Å². The molecule has 0 saturated heterocycles. The van der Waals surface area contributed by atoms with E-state index in [2.05, 4.69) is 19.2 Å². The molecule has 1 N–H and O–H groups in total. The Balaban J connectivity index is 1.97. The Morgan fingerprint density at radius 1 is 1.26 bits per heavy atom. The molecule has 0 saturated carbocycles. The Bertz CT molecular complexity index is 861. The molecule has 0 aromatic heterocycles. The Kier molecular flexibility index (Phi) is 5.13. The van der Waals surface area contributed by atoms with Crippen LogP contribution in [0.25, 0.3) is 0 Å². The van der Waals surface area contributed by atoms with Gasteiger partial charge in [0.2, 0.25) is 0 Å². The molecule has 3 rings (SSSR count). The molecule has 27 heavy (non-hydrogen) atoms. The van der Waals surface area contributed by atoms with Crippen molar-refractivity contribution in [1.29, 1.82) is 0 Å². The maximum absolute atomic E-state index is 14.2. The van der Waals surface area contributed by atoms with Gasteiger partial charge >= 0.3 is 5.97 Å². The Hall–Kier alpha value is -2.56. The molecule has 0 aliphatic carbocycles. The van der Waals surface area contributed by atoms with E-state index in [9.17, 15) is 9.18 Å². The molecular formula is C22H27FN2O2. The summed E-state index contributed by atoms with van der Waals surface area (Å²) in [4.78, 5) is 13.9. The number of benzene rings is 2. The molecule has 1 unspecified atom stereocenters. The van der Waals surface area contributed by atoms with Gasteiger partial charge in [0.25, 0.3) is 0 Å². The molecule has 0 radical (unpaired) electrons. The molecule has 1 aliphatic heterocycles. The molecule has 2 aromatic carbocycles. The molecule has 0 fully saturated rings. The van der Waals surface area contributed by atoms with E-state index in [4.69, 9.17) is 4.74 Å². The third-order valence-corrected chi connectivity index (χ3v) is 5.10. The van der Waals surface area contributed by atoms with Gasteiger partial charge in [-0.05, 0) is 66.3 Å². The highest BCUT2D eigenvalue weighted by Gasteiger charge is 2.36. The van der Waals surface area contributed by atoms with Crippen molar-refractivity contribution in [3.05, 3.63) is 58.9 Å². The molecule has 4 nitrogen and oxygen atoms in total. The number of rotatable bonds is 4. The highest BCUT2D eigenvalue weighted by atomic mass is 19.1. The van der Waals surface area contributed by atoms with Crippen molar-refractivity contribution in [3.8, 4) is 0 Å². The summed E-state index contributed by atoms with van der Waals surface area (Å²) < 4.78 is 19.3. The van der Waals surface area contributed by atoms with Gasteiger partial charge in [0.1, 0.15) is 5.82 Å². The normalized spacial score (nSPS) is 17.6. The number of anilines is 2. The molecule has 144 valence electrons. The van der Waals surface area contributed by atoms with Crippen LogP contribution in [0.5, 0.6) is 0 Å². The average Bonchev–Trinajstić information content (AvgIpc) is 2.59. The summed E-state index contributed by atoms with van der Waals surface area (Å²) in [5, 5.41) is 3.56. The van der Waals surface area contributed by atoms with Crippen LogP contribution >= 0.6 is 0 Å². The van der Waals surface area contributed by atoms with E-state index in [-0.39, 0.29) is 23.2 Å². The van der Waals surface area contributed by atoms with Gasteiger partial charge in [-0.2, -0.15) is 0 Å². The van der Waals surface area contributed by atoms with Gasteiger partial charge in [-0.15, -0.1) is 0 Å². The van der Waals surface area contributed by atoms with Gasteiger partial charge in [-0.3, -0.25) is 0 Å². The first-order chi connectivity index (χ1) is 12.7. The zero-order chi connectivity index (χ0) is 19.8. The molecular weight excluding hydrogens is 343 g/mol. The van der Waals surface area contributed by atoms with Crippen LogP contribution in [0, 0.1) is 11.2 Å². The van der Waals surface area contributed by atoms with Crippen LogP contribution in [0.3, 0.4) is 0 Å². The molecule has 2 aromatic rings.